The summed E-state index contributed by atoms with van der Waals surface area (Å²) < 4.78 is 10.7. The first-order valence-corrected chi connectivity index (χ1v) is 9.37. The van der Waals surface area contributed by atoms with Gasteiger partial charge in [-0.3, -0.25) is 0 Å². The minimum absolute atomic E-state index is 0.230. The molecule has 0 unspecified atom stereocenters. The van der Waals surface area contributed by atoms with Crippen LogP contribution in [-0.2, 0) is 9.57 Å². The number of likely N-dealkylation sites (tertiary alicyclic amines) is 1. The van der Waals surface area contributed by atoms with Crippen LogP contribution in [0.3, 0.4) is 0 Å². The summed E-state index contributed by atoms with van der Waals surface area (Å²) in [4.78, 5) is 19.3. The predicted molar refractivity (Wildman–Crippen MR) is 105 cm³/mol. The van der Waals surface area contributed by atoms with Crippen molar-refractivity contribution in [3.05, 3.63) is 29.8 Å². The van der Waals surface area contributed by atoms with Crippen LogP contribution in [0, 0.1) is 5.92 Å². The minimum atomic E-state index is -0.457. The topological polar surface area (TPSA) is 86.4 Å². The van der Waals surface area contributed by atoms with E-state index in [-0.39, 0.29) is 6.09 Å². The molecule has 1 aliphatic heterocycles. The molecule has 0 aromatic heterocycles. The molecule has 7 nitrogen and oxygen atoms in total. The monoisotopic (exact) mass is 377 g/mol. The molecule has 1 heterocycles. The number of piperidine rings is 1. The zero-order valence-corrected chi connectivity index (χ0v) is 16.7. The van der Waals surface area contributed by atoms with Crippen molar-refractivity contribution >= 4 is 11.9 Å². The SMILES string of the molecule is COc1ccccc1/C(N)=N/OCCC1CCN(C(=O)OC(C)(C)C)CC1. The van der Waals surface area contributed by atoms with Gasteiger partial charge in [0.25, 0.3) is 0 Å². The Morgan fingerprint density at radius 1 is 1.26 bits per heavy atom. The van der Waals surface area contributed by atoms with Crippen LogP contribution in [-0.4, -0.2) is 49.2 Å². The molecule has 0 atom stereocenters. The fraction of sp³-hybridized carbons (Fsp3) is 0.600. The van der Waals surface area contributed by atoms with Gasteiger partial charge >= 0.3 is 6.09 Å². The van der Waals surface area contributed by atoms with Crippen molar-refractivity contribution in [2.45, 2.75) is 45.6 Å². The average molecular weight is 377 g/mol. The lowest BCUT2D eigenvalue weighted by molar-refractivity contribution is 0.0168. The zero-order chi connectivity index (χ0) is 19.9. The lowest BCUT2D eigenvalue weighted by Crippen LogP contribution is -2.41. The number of oxime groups is 1. The largest absolute Gasteiger partial charge is 0.496 e. The molecule has 1 fully saturated rings. The molecule has 27 heavy (non-hydrogen) atoms. The normalized spacial score (nSPS) is 16.1. The first-order valence-electron chi connectivity index (χ1n) is 9.37. The van der Waals surface area contributed by atoms with Gasteiger partial charge in [0.15, 0.2) is 5.84 Å². The van der Waals surface area contributed by atoms with Crippen LogP contribution in [0.2, 0.25) is 0 Å². The molecule has 1 amide bonds. The molecule has 0 bridgehead atoms. The van der Waals surface area contributed by atoms with E-state index in [9.17, 15) is 4.79 Å². The van der Waals surface area contributed by atoms with E-state index < -0.39 is 5.60 Å². The Bertz CT molecular complexity index is 647. The van der Waals surface area contributed by atoms with Crippen molar-refractivity contribution in [3.8, 4) is 5.75 Å². The van der Waals surface area contributed by atoms with Gasteiger partial charge in [-0.25, -0.2) is 4.79 Å². The number of hydrogen-bond acceptors (Lipinski definition) is 5. The molecule has 0 radical (unpaired) electrons. The molecular formula is C20H31N3O4. The fourth-order valence-electron chi connectivity index (χ4n) is 2.97. The number of hydrogen-bond donors (Lipinski definition) is 1. The molecular weight excluding hydrogens is 346 g/mol. The lowest BCUT2D eigenvalue weighted by Gasteiger charge is -2.33. The molecule has 0 aliphatic carbocycles. The third-order valence-electron chi connectivity index (χ3n) is 4.43. The Morgan fingerprint density at radius 3 is 2.56 bits per heavy atom. The Balaban J connectivity index is 1.72. The van der Waals surface area contributed by atoms with Gasteiger partial charge in [-0.1, -0.05) is 17.3 Å². The Morgan fingerprint density at radius 2 is 1.93 bits per heavy atom. The molecule has 1 aromatic carbocycles. The van der Waals surface area contributed by atoms with Crippen molar-refractivity contribution in [3.63, 3.8) is 0 Å². The number of nitrogens with two attached hydrogens (primary N) is 1. The van der Waals surface area contributed by atoms with E-state index >= 15 is 0 Å². The molecule has 2 rings (SSSR count). The minimum Gasteiger partial charge on any atom is -0.496 e. The number of carbonyl (C=O) groups excluding carboxylic acids is 1. The summed E-state index contributed by atoms with van der Waals surface area (Å²) in [5, 5.41) is 4.00. The summed E-state index contributed by atoms with van der Waals surface area (Å²) in [6.07, 6.45) is 2.53. The van der Waals surface area contributed by atoms with E-state index in [0.29, 0.717) is 42.8 Å². The molecule has 0 spiro atoms. The number of amidine groups is 1. The van der Waals surface area contributed by atoms with E-state index in [1.807, 2.05) is 45.0 Å². The highest BCUT2D eigenvalue weighted by Gasteiger charge is 2.26. The van der Waals surface area contributed by atoms with Crippen LogP contribution in [0.5, 0.6) is 5.75 Å². The summed E-state index contributed by atoms with van der Waals surface area (Å²) in [5.41, 5.74) is 6.24. The molecule has 0 saturated carbocycles. The van der Waals surface area contributed by atoms with Crippen LogP contribution in [0.1, 0.15) is 45.6 Å². The molecule has 1 aromatic rings. The molecule has 1 saturated heterocycles. The van der Waals surface area contributed by atoms with E-state index in [2.05, 4.69) is 5.16 Å². The van der Waals surface area contributed by atoms with Crippen LogP contribution in [0.15, 0.2) is 29.4 Å². The number of ether oxygens (including phenoxy) is 2. The van der Waals surface area contributed by atoms with Gasteiger partial charge in [0.2, 0.25) is 0 Å². The Hall–Kier alpha value is -2.44. The highest BCUT2D eigenvalue weighted by molar-refractivity contribution is 5.99. The Labute approximate surface area is 161 Å². The second-order valence-corrected chi connectivity index (χ2v) is 7.71. The summed E-state index contributed by atoms with van der Waals surface area (Å²) in [6.45, 7) is 7.57. The number of methoxy groups -OCH3 is 1. The third kappa shape index (κ3) is 6.66. The van der Waals surface area contributed by atoms with Gasteiger partial charge in [-0.05, 0) is 58.1 Å². The first kappa shape index (κ1) is 20.9. The van der Waals surface area contributed by atoms with Gasteiger partial charge in [-0.15, -0.1) is 0 Å². The van der Waals surface area contributed by atoms with Crippen LogP contribution in [0.25, 0.3) is 0 Å². The van der Waals surface area contributed by atoms with Gasteiger partial charge in [0.05, 0.1) is 12.7 Å². The molecule has 1 aliphatic rings. The predicted octanol–water partition coefficient (Wildman–Crippen LogP) is 3.37. The molecule has 2 N–H and O–H groups in total. The van der Waals surface area contributed by atoms with Crippen LogP contribution < -0.4 is 10.5 Å². The first-order chi connectivity index (χ1) is 12.8. The standard InChI is InChI=1S/C20H31N3O4/c1-20(2,3)27-19(24)23-12-9-15(10-13-23)11-14-26-22-18(21)16-7-5-6-8-17(16)25-4/h5-8,15H,9-14H2,1-4H3,(H2,21,22). The van der Waals surface area contributed by atoms with Crippen molar-refractivity contribution < 1.29 is 19.1 Å². The quantitative estimate of drug-likeness (QED) is 0.355. The van der Waals surface area contributed by atoms with E-state index in [1.54, 1.807) is 12.0 Å². The lowest BCUT2D eigenvalue weighted by atomic mass is 9.94. The fourth-order valence-corrected chi connectivity index (χ4v) is 2.97. The summed E-state index contributed by atoms with van der Waals surface area (Å²) in [6, 6.07) is 7.42. The van der Waals surface area contributed by atoms with Gasteiger partial charge in [-0.2, -0.15) is 0 Å². The van der Waals surface area contributed by atoms with Gasteiger partial charge in [0, 0.05) is 13.1 Å². The highest BCUT2D eigenvalue weighted by atomic mass is 16.6. The number of amides is 1. The number of benzene rings is 1. The second kappa shape index (κ2) is 9.48. The number of carbonyl (C=O) groups is 1. The number of para-hydroxylation sites is 1. The maximum atomic E-state index is 12.1. The maximum Gasteiger partial charge on any atom is 0.410 e. The summed E-state index contributed by atoms with van der Waals surface area (Å²) >= 11 is 0. The van der Waals surface area contributed by atoms with Crippen molar-refractivity contribution in [2.24, 2.45) is 16.8 Å². The Kier molecular flexibility index (Phi) is 7.33. The summed E-state index contributed by atoms with van der Waals surface area (Å²) in [7, 11) is 1.59. The second-order valence-electron chi connectivity index (χ2n) is 7.71. The van der Waals surface area contributed by atoms with Crippen molar-refractivity contribution in [1.29, 1.82) is 0 Å². The smallest absolute Gasteiger partial charge is 0.410 e. The third-order valence-corrected chi connectivity index (χ3v) is 4.43. The van der Waals surface area contributed by atoms with E-state index in [0.717, 1.165) is 19.3 Å². The van der Waals surface area contributed by atoms with E-state index in [1.165, 1.54) is 0 Å². The summed E-state index contributed by atoms with van der Waals surface area (Å²) in [5.74, 6) is 1.47. The number of rotatable bonds is 6. The highest BCUT2D eigenvalue weighted by Crippen LogP contribution is 2.22. The van der Waals surface area contributed by atoms with Crippen molar-refractivity contribution in [1.82, 2.24) is 4.90 Å². The van der Waals surface area contributed by atoms with Crippen LogP contribution >= 0.6 is 0 Å². The maximum absolute atomic E-state index is 12.1. The van der Waals surface area contributed by atoms with E-state index in [4.69, 9.17) is 20.0 Å². The average Bonchev–Trinajstić information content (AvgIpc) is 2.64. The van der Waals surface area contributed by atoms with Crippen molar-refractivity contribution in [2.75, 3.05) is 26.8 Å². The molecule has 7 heteroatoms. The van der Waals surface area contributed by atoms with Gasteiger partial charge in [0.1, 0.15) is 18.0 Å². The molecule has 150 valence electrons. The zero-order valence-electron chi connectivity index (χ0n) is 16.7. The van der Waals surface area contributed by atoms with Crippen LogP contribution in [0.4, 0.5) is 4.79 Å². The van der Waals surface area contributed by atoms with Gasteiger partial charge < -0.3 is 24.9 Å². The number of nitrogens with zero attached hydrogens (tertiary/aromatic N) is 2.